The number of nitrogens with zero attached hydrogens (tertiary/aromatic N) is 2. The molecular formula is C22H22FN5O. The fourth-order valence-electron chi connectivity index (χ4n) is 3.47. The second-order valence-corrected chi connectivity index (χ2v) is 7.02. The van der Waals surface area contributed by atoms with Crippen LogP contribution in [0.2, 0.25) is 0 Å². The smallest absolute Gasteiger partial charge is 0.224 e. The van der Waals surface area contributed by atoms with E-state index in [0.717, 1.165) is 11.3 Å². The molecule has 0 aliphatic carbocycles. The lowest BCUT2D eigenvalue weighted by molar-refractivity contribution is -0.116. The van der Waals surface area contributed by atoms with E-state index in [1.54, 1.807) is 13.1 Å². The Kier molecular flexibility index (Phi) is 5.93. The number of nitrogens with one attached hydrogen (secondary N) is 2. The van der Waals surface area contributed by atoms with Gasteiger partial charge < -0.3 is 16.4 Å². The van der Waals surface area contributed by atoms with Gasteiger partial charge in [-0.05, 0) is 42.2 Å². The number of fused-ring (bicyclic) bond motifs is 1. The first kappa shape index (κ1) is 20.1. The molecular weight excluding hydrogens is 369 g/mol. The molecule has 2 aromatic rings. The number of carbonyl (C=O) groups is 1. The first-order valence-corrected chi connectivity index (χ1v) is 9.23. The van der Waals surface area contributed by atoms with Gasteiger partial charge in [-0.15, -0.1) is 0 Å². The van der Waals surface area contributed by atoms with Crippen LogP contribution in [0.3, 0.4) is 0 Å². The third-order valence-corrected chi connectivity index (χ3v) is 4.79. The van der Waals surface area contributed by atoms with Gasteiger partial charge in [-0.3, -0.25) is 9.79 Å². The molecule has 1 atom stereocenters. The van der Waals surface area contributed by atoms with E-state index >= 15 is 0 Å². The molecule has 1 amide bonds. The third-order valence-electron chi connectivity index (χ3n) is 4.79. The molecule has 0 unspecified atom stereocenters. The first-order chi connectivity index (χ1) is 14.0. The zero-order chi connectivity index (χ0) is 21.0. The Morgan fingerprint density at radius 3 is 2.86 bits per heavy atom. The summed E-state index contributed by atoms with van der Waals surface area (Å²) in [4.78, 5) is 15.9. The Morgan fingerprint density at radius 1 is 1.38 bits per heavy atom. The minimum absolute atomic E-state index is 0.0330. The molecule has 0 saturated carbocycles. The molecule has 4 N–H and O–H groups in total. The van der Waals surface area contributed by atoms with E-state index in [9.17, 15) is 14.4 Å². The van der Waals surface area contributed by atoms with E-state index in [2.05, 4.69) is 21.7 Å². The van der Waals surface area contributed by atoms with Gasteiger partial charge in [0.05, 0.1) is 17.3 Å². The van der Waals surface area contributed by atoms with Gasteiger partial charge in [0.15, 0.2) is 0 Å². The van der Waals surface area contributed by atoms with Crippen LogP contribution < -0.4 is 16.4 Å². The van der Waals surface area contributed by atoms with Gasteiger partial charge in [-0.1, -0.05) is 13.0 Å². The summed E-state index contributed by atoms with van der Waals surface area (Å²) in [5.41, 5.74) is 9.20. The van der Waals surface area contributed by atoms with Gasteiger partial charge in [0.1, 0.15) is 5.82 Å². The van der Waals surface area contributed by atoms with Crippen molar-refractivity contribution in [3.63, 3.8) is 0 Å². The van der Waals surface area contributed by atoms with Crippen LogP contribution in [0, 0.1) is 23.1 Å². The molecule has 0 saturated heterocycles. The number of benzene rings is 2. The Balaban J connectivity index is 2.03. The number of anilines is 3. The van der Waals surface area contributed by atoms with Crippen LogP contribution in [0.15, 0.2) is 41.5 Å². The van der Waals surface area contributed by atoms with E-state index in [1.165, 1.54) is 24.5 Å². The number of nitriles is 1. The fourth-order valence-corrected chi connectivity index (χ4v) is 3.47. The molecule has 1 aliphatic heterocycles. The minimum atomic E-state index is -0.522. The Bertz CT molecular complexity index is 1050. The number of nitrogens with two attached hydrogens (primary N) is 1. The largest absolute Gasteiger partial charge is 0.404 e. The number of carbonyl (C=O) groups excluding carboxylic acids is 1. The van der Waals surface area contributed by atoms with Crippen molar-refractivity contribution in [2.45, 2.75) is 19.8 Å². The van der Waals surface area contributed by atoms with Gasteiger partial charge in [-0.25, -0.2) is 4.39 Å². The molecule has 1 heterocycles. The molecule has 2 aromatic carbocycles. The quantitative estimate of drug-likeness (QED) is 0.686. The zero-order valence-corrected chi connectivity index (χ0v) is 16.3. The first-order valence-electron chi connectivity index (χ1n) is 9.23. The van der Waals surface area contributed by atoms with Gasteiger partial charge in [-0.2, -0.15) is 5.26 Å². The van der Waals surface area contributed by atoms with Crippen molar-refractivity contribution >= 4 is 34.8 Å². The SMILES string of the molecule is CN=CC(=CN)c1cc(F)c(Nc2cccc3c2C[C@H](C)CC(=O)N3)cc1C#N. The monoisotopic (exact) mass is 391 g/mol. The maximum Gasteiger partial charge on any atom is 0.224 e. The second-order valence-electron chi connectivity index (χ2n) is 7.02. The van der Waals surface area contributed by atoms with E-state index in [-0.39, 0.29) is 23.1 Å². The van der Waals surface area contributed by atoms with Crippen molar-refractivity contribution in [2.24, 2.45) is 16.6 Å². The van der Waals surface area contributed by atoms with Crippen molar-refractivity contribution in [2.75, 3.05) is 17.7 Å². The van der Waals surface area contributed by atoms with Crippen LogP contribution in [0.25, 0.3) is 5.57 Å². The summed E-state index contributed by atoms with van der Waals surface area (Å²) >= 11 is 0. The summed E-state index contributed by atoms with van der Waals surface area (Å²) in [6.45, 7) is 2.00. The van der Waals surface area contributed by atoms with Crippen molar-refractivity contribution in [1.29, 1.82) is 5.26 Å². The van der Waals surface area contributed by atoms with E-state index < -0.39 is 5.82 Å². The summed E-state index contributed by atoms with van der Waals surface area (Å²) in [5.74, 6) is -0.396. The van der Waals surface area contributed by atoms with E-state index in [0.29, 0.717) is 29.7 Å². The molecule has 1 aliphatic rings. The van der Waals surface area contributed by atoms with Crippen molar-refractivity contribution < 1.29 is 9.18 Å². The van der Waals surface area contributed by atoms with Crippen molar-refractivity contribution in [3.8, 4) is 6.07 Å². The summed E-state index contributed by atoms with van der Waals surface area (Å²) < 4.78 is 14.9. The average Bonchev–Trinajstić information content (AvgIpc) is 2.84. The molecule has 148 valence electrons. The van der Waals surface area contributed by atoms with Gasteiger partial charge in [0.2, 0.25) is 5.91 Å². The summed E-state index contributed by atoms with van der Waals surface area (Å²) in [6, 6.07) is 10.3. The number of allylic oxidation sites excluding steroid dienone is 1. The van der Waals surface area contributed by atoms with Gasteiger partial charge in [0.25, 0.3) is 0 Å². The number of hydrogen-bond acceptors (Lipinski definition) is 5. The van der Waals surface area contributed by atoms with Gasteiger partial charge in [0, 0.05) is 48.4 Å². The number of rotatable bonds is 4. The molecule has 0 aromatic heterocycles. The van der Waals surface area contributed by atoms with Crippen LogP contribution in [0.5, 0.6) is 0 Å². The van der Waals surface area contributed by atoms with E-state index in [1.807, 2.05) is 19.1 Å². The molecule has 0 spiro atoms. The van der Waals surface area contributed by atoms with Crippen LogP contribution in [0.4, 0.5) is 21.5 Å². The van der Waals surface area contributed by atoms with Crippen LogP contribution in [-0.2, 0) is 11.2 Å². The van der Waals surface area contributed by atoms with Crippen molar-refractivity contribution in [1.82, 2.24) is 0 Å². The highest BCUT2D eigenvalue weighted by atomic mass is 19.1. The topological polar surface area (TPSA) is 103 Å². The summed E-state index contributed by atoms with van der Waals surface area (Å²) in [6.07, 6.45) is 3.87. The molecule has 3 rings (SSSR count). The molecule has 0 bridgehead atoms. The van der Waals surface area contributed by atoms with Gasteiger partial charge >= 0.3 is 0 Å². The highest BCUT2D eigenvalue weighted by Crippen LogP contribution is 2.34. The lowest BCUT2D eigenvalue weighted by Gasteiger charge is -2.17. The fraction of sp³-hybridized carbons (Fsp3) is 0.227. The Labute approximate surface area is 168 Å². The molecule has 29 heavy (non-hydrogen) atoms. The maximum atomic E-state index is 14.9. The Morgan fingerprint density at radius 2 is 2.17 bits per heavy atom. The zero-order valence-electron chi connectivity index (χ0n) is 16.3. The van der Waals surface area contributed by atoms with E-state index in [4.69, 9.17) is 5.73 Å². The Hall–Kier alpha value is -3.66. The second kappa shape index (κ2) is 8.57. The van der Waals surface area contributed by atoms with Crippen LogP contribution in [-0.4, -0.2) is 19.2 Å². The maximum absolute atomic E-state index is 14.9. The molecule has 7 heteroatoms. The molecule has 0 radical (unpaired) electrons. The minimum Gasteiger partial charge on any atom is -0.404 e. The lowest BCUT2D eigenvalue weighted by atomic mass is 9.97. The predicted molar refractivity (Wildman–Crippen MR) is 114 cm³/mol. The lowest BCUT2D eigenvalue weighted by Crippen LogP contribution is -2.11. The number of aliphatic imine (C=N–C) groups is 1. The van der Waals surface area contributed by atoms with Crippen LogP contribution in [0.1, 0.15) is 30.0 Å². The highest BCUT2D eigenvalue weighted by Gasteiger charge is 2.21. The summed E-state index contributed by atoms with van der Waals surface area (Å²) in [7, 11) is 1.57. The molecule has 6 nitrogen and oxygen atoms in total. The van der Waals surface area contributed by atoms with Crippen molar-refractivity contribution in [3.05, 3.63) is 59.0 Å². The summed E-state index contributed by atoms with van der Waals surface area (Å²) in [5, 5.41) is 15.5. The normalized spacial score (nSPS) is 16.7. The number of hydrogen-bond donors (Lipinski definition) is 3. The average molecular weight is 391 g/mol. The predicted octanol–water partition coefficient (Wildman–Crippen LogP) is 3.96. The number of amides is 1. The highest BCUT2D eigenvalue weighted by molar-refractivity contribution is 6.10. The number of halogens is 1. The van der Waals surface area contributed by atoms with Crippen LogP contribution >= 0.6 is 0 Å². The third kappa shape index (κ3) is 4.27. The standard InChI is InChI=1S/C22H22FN5O/c1-13-6-17-19(4-3-5-20(17)28-22(29)7-13)27-21-8-14(10-24)16(9-18(21)23)15(11-25)12-26-2/h3-5,8-9,11-13,27H,6-7,25H2,1-2H3,(H,28,29)/t13-/m0/s1. The molecule has 0 fully saturated rings.